The Hall–Kier alpha value is -3.42. The lowest BCUT2D eigenvalue weighted by Gasteiger charge is -2.11. The minimum absolute atomic E-state index is 0.262. The lowest BCUT2D eigenvalue weighted by Crippen LogP contribution is -2.19. The largest absolute Gasteiger partial charge is 0.493 e. The van der Waals surface area contributed by atoms with Gasteiger partial charge in [-0.2, -0.15) is 9.78 Å². The summed E-state index contributed by atoms with van der Waals surface area (Å²) >= 11 is 0. The molecule has 2 N–H and O–H groups in total. The van der Waals surface area contributed by atoms with Crippen LogP contribution in [0.3, 0.4) is 0 Å². The molecule has 8 heteroatoms. The SMILES string of the molecule is CCCc1cc(=O)[nH]c(-n2nc(C)cc2NC(=O)c2ccccc2OCC)n1. The average molecular weight is 381 g/mol. The minimum Gasteiger partial charge on any atom is -0.493 e. The van der Waals surface area contributed by atoms with Gasteiger partial charge in [0.25, 0.3) is 11.5 Å². The molecule has 0 radical (unpaired) electrons. The Kier molecular flexibility index (Phi) is 5.88. The summed E-state index contributed by atoms with van der Waals surface area (Å²) in [7, 11) is 0. The van der Waals surface area contributed by atoms with Gasteiger partial charge in [-0.1, -0.05) is 25.5 Å². The molecular formula is C20H23N5O3. The number of aryl methyl sites for hydroxylation is 2. The van der Waals surface area contributed by atoms with Crippen LogP contribution >= 0.6 is 0 Å². The average Bonchev–Trinajstić information content (AvgIpc) is 3.02. The third kappa shape index (κ3) is 4.28. The summed E-state index contributed by atoms with van der Waals surface area (Å²) in [5.74, 6) is 0.835. The molecule has 0 fully saturated rings. The van der Waals surface area contributed by atoms with Gasteiger partial charge in [0.05, 0.1) is 17.9 Å². The van der Waals surface area contributed by atoms with Gasteiger partial charge in [0.1, 0.15) is 11.6 Å². The number of rotatable bonds is 7. The van der Waals surface area contributed by atoms with Crippen molar-refractivity contribution in [1.29, 1.82) is 0 Å². The number of hydrogen-bond donors (Lipinski definition) is 2. The first-order valence-electron chi connectivity index (χ1n) is 9.22. The fourth-order valence-electron chi connectivity index (χ4n) is 2.85. The summed E-state index contributed by atoms with van der Waals surface area (Å²) in [6.45, 7) is 6.13. The van der Waals surface area contributed by atoms with Crippen LogP contribution in [0.4, 0.5) is 5.82 Å². The molecule has 0 atom stereocenters. The molecule has 28 heavy (non-hydrogen) atoms. The molecule has 1 aromatic carbocycles. The molecule has 0 bridgehead atoms. The molecule has 8 nitrogen and oxygen atoms in total. The number of aromatic amines is 1. The summed E-state index contributed by atoms with van der Waals surface area (Å²) in [4.78, 5) is 32.0. The Labute approximate surface area is 162 Å². The zero-order chi connectivity index (χ0) is 20.1. The molecular weight excluding hydrogens is 358 g/mol. The fourth-order valence-corrected chi connectivity index (χ4v) is 2.85. The lowest BCUT2D eigenvalue weighted by molar-refractivity contribution is 0.102. The van der Waals surface area contributed by atoms with E-state index in [-0.39, 0.29) is 17.4 Å². The number of benzene rings is 1. The van der Waals surface area contributed by atoms with Crippen molar-refractivity contribution in [3.05, 3.63) is 63.7 Å². The molecule has 3 rings (SSSR count). The van der Waals surface area contributed by atoms with E-state index < -0.39 is 0 Å². The van der Waals surface area contributed by atoms with Gasteiger partial charge in [0.15, 0.2) is 0 Å². The summed E-state index contributed by atoms with van der Waals surface area (Å²) in [6.07, 6.45) is 1.55. The van der Waals surface area contributed by atoms with E-state index in [2.05, 4.69) is 20.4 Å². The van der Waals surface area contributed by atoms with Gasteiger partial charge in [0.2, 0.25) is 5.95 Å². The van der Waals surface area contributed by atoms with E-state index in [0.29, 0.717) is 41.5 Å². The first-order valence-corrected chi connectivity index (χ1v) is 9.22. The van der Waals surface area contributed by atoms with Gasteiger partial charge in [-0.3, -0.25) is 14.6 Å². The Bertz CT molecular complexity index is 1040. The van der Waals surface area contributed by atoms with Crippen molar-refractivity contribution in [3.63, 3.8) is 0 Å². The predicted octanol–water partition coefficient (Wildman–Crippen LogP) is 2.87. The standard InChI is InChI=1S/C20H23N5O3/c1-4-8-14-12-18(26)23-20(21-14)25-17(11-13(3)24-25)22-19(27)15-9-6-7-10-16(15)28-5-2/h6-7,9-12H,4-5,8H2,1-3H3,(H,22,27)(H,21,23,26). The Morgan fingerprint density at radius 3 is 2.79 bits per heavy atom. The maximum Gasteiger partial charge on any atom is 0.260 e. The fraction of sp³-hybridized carbons (Fsp3) is 0.300. The summed E-state index contributed by atoms with van der Waals surface area (Å²) in [6, 6.07) is 10.2. The number of hydrogen-bond acceptors (Lipinski definition) is 5. The predicted molar refractivity (Wildman–Crippen MR) is 106 cm³/mol. The highest BCUT2D eigenvalue weighted by Gasteiger charge is 2.17. The maximum atomic E-state index is 12.8. The number of carbonyl (C=O) groups is 1. The second-order valence-electron chi connectivity index (χ2n) is 6.28. The quantitative estimate of drug-likeness (QED) is 0.655. The van der Waals surface area contributed by atoms with Crippen LogP contribution in [-0.2, 0) is 6.42 Å². The van der Waals surface area contributed by atoms with Crippen LogP contribution in [0.15, 0.2) is 41.2 Å². The molecule has 2 heterocycles. The van der Waals surface area contributed by atoms with Crippen LogP contribution in [0.5, 0.6) is 5.75 Å². The molecule has 3 aromatic rings. The molecule has 1 amide bonds. The molecule has 0 saturated heterocycles. The first-order chi connectivity index (χ1) is 13.5. The van der Waals surface area contributed by atoms with Crippen molar-refractivity contribution in [2.75, 3.05) is 11.9 Å². The molecule has 2 aromatic heterocycles. The highest BCUT2D eigenvalue weighted by molar-refractivity contribution is 6.05. The van der Waals surface area contributed by atoms with E-state index in [1.54, 1.807) is 31.2 Å². The minimum atomic E-state index is -0.336. The monoisotopic (exact) mass is 381 g/mol. The van der Waals surface area contributed by atoms with Crippen molar-refractivity contribution in [2.24, 2.45) is 0 Å². The smallest absolute Gasteiger partial charge is 0.260 e. The molecule has 0 saturated carbocycles. The second-order valence-corrected chi connectivity index (χ2v) is 6.28. The van der Waals surface area contributed by atoms with Crippen LogP contribution in [0.2, 0.25) is 0 Å². The van der Waals surface area contributed by atoms with Crippen molar-refractivity contribution < 1.29 is 9.53 Å². The van der Waals surface area contributed by atoms with E-state index in [0.717, 1.165) is 6.42 Å². The number of aromatic nitrogens is 4. The summed E-state index contributed by atoms with van der Waals surface area (Å²) in [5.41, 5.74) is 1.50. The topological polar surface area (TPSA) is 102 Å². The highest BCUT2D eigenvalue weighted by Crippen LogP contribution is 2.21. The molecule has 146 valence electrons. The van der Waals surface area contributed by atoms with Gasteiger partial charge in [0, 0.05) is 17.8 Å². The first kappa shape index (κ1) is 19.3. The Morgan fingerprint density at radius 2 is 2.04 bits per heavy atom. The number of carbonyl (C=O) groups excluding carboxylic acids is 1. The van der Waals surface area contributed by atoms with Crippen molar-refractivity contribution in [2.45, 2.75) is 33.6 Å². The molecule has 0 spiro atoms. The molecule has 0 aliphatic carbocycles. The number of H-pyrrole nitrogens is 1. The number of nitrogens with zero attached hydrogens (tertiary/aromatic N) is 3. The third-order valence-electron chi connectivity index (χ3n) is 3.99. The van der Waals surface area contributed by atoms with Gasteiger partial charge in [-0.15, -0.1) is 0 Å². The van der Waals surface area contributed by atoms with Crippen LogP contribution in [0.25, 0.3) is 5.95 Å². The van der Waals surface area contributed by atoms with Crippen LogP contribution < -0.4 is 15.6 Å². The molecule has 0 aliphatic rings. The Balaban J connectivity index is 1.96. The molecule has 0 aliphatic heterocycles. The van der Waals surface area contributed by atoms with Crippen LogP contribution in [0.1, 0.15) is 42.0 Å². The van der Waals surface area contributed by atoms with Gasteiger partial charge >= 0.3 is 0 Å². The van der Waals surface area contributed by atoms with Gasteiger partial charge in [-0.05, 0) is 32.4 Å². The van der Waals surface area contributed by atoms with Crippen LogP contribution in [0, 0.1) is 6.92 Å². The van der Waals surface area contributed by atoms with Gasteiger partial charge in [-0.25, -0.2) is 4.98 Å². The normalized spacial score (nSPS) is 10.7. The number of nitrogens with one attached hydrogen (secondary N) is 2. The number of amides is 1. The zero-order valence-corrected chi connectivity index (χ0v) is 16.2. The number of anilines is 1. The number of para-hydroxylation sites is 1. The van der Waals surface area contributed by atoms with E-state index in [9.17, 15) is 9.59 Å². The second kappa shape index (κ2) is 8.51. The van der Waals surface area contributed by atoms with E-state index >= 15 is 0 Å². The van der Waals surface area contributed by atoms with E-state index in [1.807, 2.05) is 19.9 Å². The van der Waals surface area contributed by atoms with Crippen molar-refractivity contribution in [3.8, 4) is 11.7 Å². The highest BCUT2D eigenvalue weighted by atomic mass is 16.5. The zero-order valence-electron chi connectivity index (χ0n) is 16.2. The molecule has 0 unspecified atom stereocenters. The Morgan fingerprint density at radius 1 is 1.25 bits per heavy atom. The third-order valence-corrected chi connectivity index (χ3v) is 3.99. The van der Waals surface area contributed by atoms with E-state index in [4.69, 9.17) is 4.74 Å². The van der Waals surface area contributed by atoms with E-state index in [1.165, 1.54) is 10.7 Å². The number of ether oxygens (including phenoxy) is 1. The van der Waals surface area contributed by atoms with Crippen molar-refractivity contribution >= 4 is 11.7 Å². The van der Waals surface area contributed by atoms with Gasteiger partial charge < -0.3 is 10.1 Å². The maximum absolute atomic E-state index is 12.8. The van der Waals surface area contributed by atoms with Crippen LogP contribution in [-0.4, -0.2) is 32.3 Å². The lowest BCUT2D eigenvalue weighted by atomic mass is 10.2. The summed E-state index contributed by atoms with van der Waals surface area (Å²) in [5, 5.41) is 7.20. The van der Waals surface area contributed by atoms with Crippen molar-refractivity contribution in [1.82, 2.24) is 19.7 Å². The summed E-state index contributed by atoms with van der Waals surface area (Å²) < 4.78 is 6.96.